The first-order chi connectivity index (χ1) is 8.92. The third kappa shape index (κ3) is 2.17. The van der Waals surface area contributed by atoms with Crippen LogP contribution in [0.5, 0.6) is 0 Å². The van der Waals surface area contributed by atoms with Gasteiger partial charge in [0.2, 0.25) is 0 Å². The molecular weight excluding hydrogens is 244 g/mol. The maximum Gasteiger partial charge on any atom is 0.308 e. The van der Waals surface area contributed by atoms with Crippen LogP contribution in [0.1, 0.15) is 33.1 Å². The zero-order valence-corrected chi connectivity index (χ0v) is 11.9. The van der Waals surface area contributed by atoms with E-state index < -0.39 is 0 Å². The van der Waals surface area contributed by atoms with Gasteiger partial charge >= 0.3 is 11.9 Å². The normalized spacial score (nSPS) is 36.2. The van der Waals surface area contributed by atoms with Crippen LogP contribution in [0.2, 0.25) is 0 Å². The molecular formula is C15H22O4. The maximum atomic E-state index is 11.8. The van der Waals surface area contributed by atoms with Gasteiger partial charge in [-0.25, -0.2) is 0 Å². The van der Waals surface area contributed by atoms with Gasteiger partial charge in [-0.2, -0.15) is 0 Å². The van der Waals surface area contributed by atoms with Crippen LogP contribution in [0, 0.1) is 23.2 Å². The molecule has 4 heteroatoms. The molecule has 19 heavy (non-hydrogen) atoms. The van der Waals surface area contributed by atoms with E-state index in [1.165, 1.54) is 7.11 Å². The molecule has 1 heterocycles. The predicted molar refractivity (Wildman–Crippen MR) is 70.2 cm³/mol. The first-order valence-corrected chi connectivity index (χ1v) is 6.85. The van der Waals surface area contributed by atoms with E-state index in [0.29, 0.717) is 18.9 Å². The molecule has 0 unspecified atom stereocenters. The molecule has 1 saturated heterocycles. The minimum Gasteiger partial charge on any atom is -0.469 e. The number of hydrogen-bond acceptors (Lipinski definition) is 4. The third-order valence-electron chi connectivity index (χ3n) is 4.98. The van der Waals surface area contributed by atoms with E-state index >= 15 is 0 Å². The average molecular weight is 266 g/mol. The van der Waals surface area contributed by atoms with Crippen LogP contribution < -0.4 is 0 Å². The minimum absolute atomic E-state index is 0.0788. The van der Waals surface area contributed by atoms with E-state index in [0.717, 1.165) is 18.4 Å². The molecule has 0 radical (unpaired) electrons. The van der Waals surface area contributed by atoms with Gasteiger partial charge in [0, 0.05) is 5.41 Å². The van der Waals surface area contributed by atoms with Crippen LogP contribution in [-0.4, -0.2) is 25.7 Å². The first-order valence-electron chi connectivity index (χ1n) is 6.85. The highest BCUT2D eigenvalue weighted by molar-refractivity contribution is 5.75. The Hall–Kier alpha value is -1.32. The highest BCUT2D eigenvalue weighted by atomic mass is 16.5. The van der Waals surface area contributed by atoms with Gasteiger partial charge in [0.25, 0.3) is 0 Å². The van der Waals surface area contributed by atoms with Gasteiger partial charge in [-0.15, -0.1) is 0 Å². The van der Waals surface area contributed by atoms with Crippen molar-refractivity contribution in [2.24, 2.45) is 23.2 Å². The lowest BCUT2D eigenvalue weighted by molar-refractivity contribution is -0.149. The number of carbonyl (C=O) groups is 2. The van der Waals surface area contributed by atoms with Gasteiger partial charge in [0.1, 0.15) is 6.61 Å². The molecule has 1 aliphatic heterocycles. The largest absolute Gasteiger partial charge is 0.469 e. The maximum absolute atomic E-state index is 11.8. The Kier molecular flexibility index (Phi) is 3.70. The topological polar surface area (TPSA) is 52.6 Å². The second-order valence-electron chi connectivity index (χ2n) is 5.92. The Bertz CT molecular complexity index is 414. The minimum atomic E-state index is -0.373. The van der Waals surface area contributed by atoms with Crippen molar-refractivity contribution in [3.05, 3.63) is 12.2 Å². The summed E-state index contributed by atoms with van der Waals surface area (Å²) in [6, 6.07) is 0. The molecule has 4 atom stereocenters. The lowest BCUT2D eigenvalue weighted by atomic mass is 9.57. The summed E-state index contributed by atoms with van der Waals surface area (Å²) in [7, 11) is 1.40. The Morgan fingerprint density at radius 3 is 2.74 bits per heavy atom. The molecule has 1 saturated carbocycles. The number of carbonyl (C=O) groups excluding carboxylic acids is 2. The molecule has 0 bridgehead atoms. The summed E-state index contributed by atoms with van der Waals surface area (Å²) < 4.78 is 10.1. The summed E-state index contributed by atoms with van der Waals surface area (Å²) in [5.41, 5.74) is 0.688. The summed E-state index contributed by atoms with van der Waals surface area (Å²) in [5, 5.41) is 0. The monoisotopic (exact) mass is 266 g/mol. The number of rotatable bonds is 2. The fourth-order valence-corrected chi connectivity index (χ4v) is 3.70. The quantitative estimate of drug-likeness (QED) is 0.568. The average Bonchev–Trinajstić information content (AvgIpc) is 2.78. The third-order valence-corrected chi connectivity index (χ3v) is 4.98. The van der Waals surface area contributed by atoms with E-state index in [9.17, 15) is 9.59 Å². The van der Waals surface area contributed by atoms with Crippen molar-refractivity contribution in [1.82, 2.24) is 0 Å². The van der Waals surface area contributed by atoms with Gasteiger partial charge < -0.3 is 9.47 Å². The lowest BCUT2D eigenvalue weighted by Crippen LogP contribution is -2.44. The molecule has 1 spiro atoms. The van der Waals surface area contributed by atoms with Crippen molar-refractivity contribution in [1.29, 1.82) is 0 Å². The van der Waals surface area contributed by atoms with E-state index in [4.69, 9.17) is 9.47 Å². The molecule has 0 N–H and O–H groups in total. The Morgan fingerprint density at radius 1 is 1.53 bits per heavy atom. The van der Waals surface area contributed by atoms with E-state index in [2.05, 4.69) is 13.5 Å². The van der Waals surface area contributed by atoms with Crippen LogP contribution in [0.15, 0.2) is 12.2 Å². The Balaban J connectivity index is 2.33. The molecule has 4 nitrogen and oxygen atoms in total. The van der Waals surface area contributed by atoms with Crippen LogP contribution >= 0.6 is 0 Å². The van der Waals surface area contributed by atoms with E-state index in [1.54, 1.807) is 0 Å². The number of ether oxygens (including phenoxy) is 2. The van der Waals surface area contributed by atoms with Gasteiger partial charge in [-0.1, -0.05) is 26.0 Å². The van der Waals surface area contributed by atoms with E-state index in [-0.39, 0.29) is 29.2 Å². The molecule has 0 aromatic heterocycles. The fourth-order valence-electron chi connectivity index (χ4n) is 3.70. The SMILES string of the molecule is C=C1[C@@H](C)CC[C@H]([C@H](C)C(=O)OC)[C@@]12COC(=O)C2. The highest BCUT2D eigenvalue weighted by Gasteiger charge is 2.54. The first kappa shape index (κ1) is 14.1. The predicted octanol–water partition coefficient (Wildman–Crippen LogP) is 2.33. The number of esters is 2. The van der Waals surface area contributed by atoms with Crippen molar-refractivity contribution in [2.45, 2.75) is 33.1 Å². The van der Waals surface area contributed by atoms with Crippen molar-refractivity contribution in [3.8, 4) is 0 Å². The summed E-state index contributed by atoms with van der Waals surface area (Å²) in [4.78, 5) is 23.4. The summed E-state index contributed by atoms with van der Waals surface area (Å²) >= 11 is 0. The number of cyclic esters (lactones) is 1. The summed E-state index contributed by atoms with van der Waals surface area (Å²) in [6.07, 6.45) is 2.26. The lowest BCUT2D eigenvalue weighted by Gasteiger charge is -2.46. The van der Waals surface area contributed by atoms with Gasteiger partial charge in [-0.3, -0.25) is 9.59 Å². The standard InChI is InChI=1S/C15H22O4/c1-9-5-6-12(10(2)14(17)18-4)15(11(9)3)7-13(16)19-8-15/h9-10,12H,3,5-8H2,1-2,4H3/t9-,10-,12+,15-/m0/s1. The van der Waals surface area contributed by atoms with Crippen molar-refractivity contribution < 1.29 is 19.1 Å². The zero-order chi connectivity index (χ0) is 14.2. The Labute approximate surface area is 114 Å². The van der Waals surface area contributed by atoms with Crippen LogP contribution in [-0.2, 0) is 19.1 Å². The van der Waals surface area contributed by atoms with Gasteiger partial charge in [0.05, 0.1) is 19.4 Å². The van der Waals surface area contributed by atoms with Crippen molar-refractivity contribution in [3.63, 3.8) is 0 Å². The molecule has 2 fully saturated rings. The van der Waals surface area contributed by atoms with Crippen LogP contribution in [0.25, 0.3) is 0 Å². The van der Waals surface area contributed by atoms with Gasteiger partial charge in [0.15, 0.2) is 0 Å². The molecule has 2 rings (SSSR count). The van der Waals surface area contributed by atoms with E-state index in [1.807, 2.05) is 6.92 Å². The molecule has 106 valence electrons. The molecule has 0 aromatic carbocycles. The van der Waals surface area contributed by atoms with Crippen molar-refractivity contribution in [2.75, 3.05) is 13.7 Å². The molecule has 0 amide bonds. The zero-order valence-electron chi connectivity index (χ0n) is 11.9. The number of methoxy groups -OCH3 is 1. The second-order valence-corrected chi connectivity index (χ2v) is 5.92. The number of hydrogen-bond donors (Lipinski definition) is 0. The van der Waals surface area contributed by atoms with Gasteiger partial charge in [-0.05, 0) is 24.7 Å². The van der Waals surface area contributed by atoms with Crippen molar-refractivity contribution >= 4 is 11.9 Å². The fraction of sp³-hybridized carbons (Fsp3) is 0.733. The highest BCUT2D eigenvalue weighted by Crippen LogP contribution is 2.54. The summed E-state index contributed by atoms with van der Waals surface area (Å²) in [5.74, 6) is -0.183. The second kappa shape index (κ2) is 4.99. The smallest absolute Gasteiger partial charge is 0.308 e. The Morgan fingerprint density at radius 2 is 2.21 bits per heavy atom. The molecule has 1 aliphatic carbocycles. The summed E-state index contributed by atoms with van der Waals surface area (Å²) in [6.45, 7) is 8.57. The van der Waals surface area contributed by atoms with Crippen LogP contribution in [0.4, 0.5) is 0 Å². The molecule has 2 aliphatic rings. The molecule has 0 aromatic rings. The van der Waals surface area contributed by atoms with Crippen LogP contribution in [0.3, 0.4) is 0 Å².